The van der Waals surface area contributed by atoms with E-state index in [9.17, 15) is 0 Å². The average molecular weight is 230 g/mol. The van der Waals surface area contributed by atoms with Crippen LogP contribution in [0, 0.1) is 0 Å². The molecule has 1 aromatic rings. The highest BCUT2D eigenvalue weighted by Crippen LogP contribution is 2.27. The van der Waals surface area contributed by atoms with Crippen LogP contribution in [0.15, 0.2) is 6.20 Å². The summed E-state index contributed by atoms with van der Waals surface area (Å²) >= 11 is 6.13. The number of nitrogens with zero attached hydrogens (tertiary/aromatic N) is 2. The molecule has 4 heteroatoms. The second-order valence-corrected chi connectivity index (χ2v) is 4.62. The zero-order chi connectivity index (χ0) is 11.4. The Bertz CT molecular complexity index is 307. The number of aryl methyl sites for hydroxylation is 1. The molecule has 0 aliphatic heterocycles. The van der Waals surface area contributed by atoms with Gasteiger partial charge >= 0.3 is 0 Å². The number of rotatable bonds is 5. The van der Waals surface area contributed by atoms with Gasteiger partial charge in [-0.1, -0.05) is 25.4 Å². The Labute approximate surface area is 96.6 Å². The van der Waals surface area contributed by atoms with Gasteiger partial charge in [-0.15, -0.1) is 0 Å². The van der Waals surface area contributed by atoms with Gasteiger partial charge in [-0.25, -0.2) is 0 Å². The lowest BCUT2D eigenvalue weighted by Crippen LogP contribution is -2.19. The van der Waals surface area contributed by atoms with Crippen molar-refractivity contribution in [3.05, 3.63) is 16.9 Å². The second-order valence-electron chi connectivity index (χ2n) is 4.21. The molecule has 0 fully saturated rings. The van der Waals surface area contributed by atoms with Crippen LogP contribution in [0.1, 0.15) is 45.2 Å². The molecule has 2 unspecified atom stereocenters. The molecule has 86 valence electrons. The van der Waals surface area contributed by atoms with E-state index in [2.05, 4.69) is 18.9 Å². The minimum atomic E-state index is 0.195. The maximum Gasteiger partial charge on any atom is 0.0820 e. The highest BCUT2D eigenvalue weighted by atomic mass is 35.5. The SMILES string of the molecule is CCCn1ncc(Cl)c1C(C)CC(C)N. The van der Waals surface area contributed by atoms with Gasteiger partial charge in [-0.3, -0.25) is 4.68 Å². The first-order valence-corrected chi connectivity index (χ1v) is 5.90. The number of hydrogen-bond acceptors (Lipinski definition) is 2. The highest BCUT2D eigenvalue weighted by molar-refractivity contribution is 6.31. The monoisotopic (exact) mass is 229 g/mol. The fourth-order valence-corrected chi connectivity index (χ4v) is 2.25. The third kappa shape index (κ3) is 3.21. The molecular formula is C11H20ClN3. The third-order valence-electron chi connectivity index (χ3n) is 2.46. The topological polar surface area (TPSA) is 43.8 Å². The van der Waals surface area contributed by atoms with Gasteiger partial charge in [0.15, 0.2) is 0 Å². The van der Waals surface area contributed by atoms with Gasteiger partial charge in [0.1, 0.15) is 0 Å². The first-order valence-electron chi connectivity index (χ1n) is 5.53. The average Bonchev–Trinajstić information content (AvgIpc) is 2.46. The lowest BCUT2D eigenvalue weighted by molar-refractivity contribution is 0.509. The Morgan fingerprint density at radius 3 is 2.73 bits per heavy atom. The van der Waals surface area contributed by atoms with Gasteiger partial charge in [0.2, 0.25) is 0 Å². The van der Waals surface area contributed by atoms with E-state index in [1.807, 2.05) is 11.6 Å². The maximum absolute atomic E-state index is 6.13. The second kappa shape index (κ2) is 5.52. The molecule has 0 amide bonds. The van der Waals surface area contributed by atoms with E-state index in [4.69, 9.17) is 17.3 Å². The van der Waals surface area contributed by atoms with Gasteiger partial charge < -0.3 is 5.73 Å². The molecule has 2 N–H and O–H groups in total. The standard InChI is InChI=1S/C11H20ClN3/c1-4-5-15-11(10(12)7-14-15)8(2)6-9(3)13/h7-9H,4-6,13H2,1-3H3. The van der Waals surface area contributed by atoms with Crippen LogP contribution in [0.25, 0.3) is 0 Å². The summed E-state index contributed by atoms with van der Waals surface area (Å²) in [6.45, 7) is 7.23. The van der Waals surface area contributed by atoms with E-state index >= 15 is 0 Å². The van der Waals surface area contributed by atoms with Crippen LogP contribution < -0.4 is 5.73 Å². The summed E-state index contributed by atoms with van der Waals surface area (Å²) in [7, 11) is 0. The molecule has 15 heavy (non-hydrogen) atoms. The smallest absolute Gasteiger partial charge is 0.0820 e. The third-order valence-corrected chi connectivity index (χ3v) is 2.75. The zero-order valence-electron chi connectivity index (χ0n) is 9.70. The molecule has 0 saturated carbocycles. The van der Waals surface area contributed by atoms with Crippen LogP contribution in [0.3, 0.4) is 0 Å². The van der Waals surface area contributed by atoms with E-state index in [-0.39, 0.29) is 6.04 Å². The maximum atomic E-state index is 6.13. The summed E-state index contributed by atoms with van der Waals surface area (Å²) in [4.78, 5) is 0. The Hall–Kier alpha value is -0.540. The Morgan fingerprint density at radius 2 is 2.20 bits per heavy atom. The molecule has 0 bridgehead atoms. The molecule has 0 radical (unpaired) electrons. The lowest BCUT2D eigenvalue weighted by Gasteiger charge is -2.16. The van der Waals surface area contributed by atoms with Crippen molar-refractivity contribution in [2.45, 2.75) is 52.1 Å². The van der Waals surface area contributed by atoms with Crippen molar-refractivity contribution in [1.29, 1.82) is 0 Å². The van der Waals surface area contributed by atoms with Gasteiger partial charge in [0.05, 0.1) is 16.9 Å². The van der Waals surface area contributed by atoms with Crippen LogP contribution in [-0.2, 0) is 6.54 Å². The fraction of sp³-hybridized carbons (Fsp3) is 0.727. The fourth-order valence-electron chi connectivity index (χ4n) is 1.92. The molecule has 0 spiro atoms. The van der Waals surface area contributed by atoms with Gasteiger partial charge in [-0.05, 0) is 19.8 Å². The van der Waals surface area contributed by atoms with Crippen molar-refractivity contribution < 1.29 is 0 Å². The van der Waals surface area contributed by atoms with Crippen LogP contribution in [0.5, 0.6) is 0 Å². The Kier molecular flexibility index (Phi) is 4.61. The Balaban J connectivity index is 2.85. The summed E-state index contributed by atoms with van der Waals surface area (Å²) in [5, 5.41) is 5.04. The lowest BCUT2D eigenvalue weighted by atomic mass is 9.99. The summed E-state index contributed by atoms with van der Waals surface area (Å²) in [6, 6.07) is 0.195. The van der Waals surface area contributed by atoms with Crippen molar-refractivity contribution in [1.82, 2.24) is 9.78 Å². The number of hydrogen-bond donors (Lipinski definition) is 1. The molecule has 1 heterocycles. The number of aromatic nitrogens is 2. The number of nitrogens with two attached hydrogens (primary N) is 1. The van der Waals surface area contributed by atoms with E-state index in [0.29, 0.717) is 5.92 Å². The van der Waals surface area contributed by atoms with Gasteiger partial charge in [0.25, 0.3) is 0 Å². The van der Waals surface area contributed by atoms with Crippen molar-refractivity contribution in [2.75, 3.05) is 0 Å². The summed E-state index contributed by atoms with van der Waals surface area (Å²) in [6.07, 6.45) is 3.73. The van der Waals surface area contributed by atoms with Crippen LogP contribution in [-0.4, -0.2) is 15.8 Å². The molecule has 0 aliphatic rings. The summed E-state index contributed by atoms with van der Waals surface area (Å²) in [5.74, 6) is 0.367. The van der Waals surface area contributed by atoms with Crippen LogP contribution in [0.4, 0.5) is 0 Å². The molecule has 3 nitrogen and oxygen atoms in total. The molecule has 1 rings (SSSR count). The zero-order valence-corrected chi connectivity index (χ0v) is 10.5. The summed E-state index contributed by atoms with van der Waals surface area (Å²) in [5.41, 5.74) is 6.92. The minimum absolute atomic E-state index is 0.195. The molecular weight excluding hydrogens is 210 g/mol. The normalized spacial score (nSPS) is 15.3. The quantitative estimate of drug-likeness (QED) is 0.844. The molecule has 0 aliphatic carbocycles. The number of halogens is 1. The molecule has 1 aromatic heterocycles. The van der Waals surface area contributed by atoms with Crippen molar-refractivity contribution in [3.63, 3.8) is 0 Å². The van der Waals surface area contributed by atoms with E-state index in [1.54, 1.807) is 6.20 Å². The van der Waals surface area contributed by atoms with Crippen molar-refractivity contribution >= 4 is 11.6 Å². The first-order chi connectivity index (χ1) is 7.06. The van der Waals surface area contributed by atoms with E-state index < -0.39 is 0 Å². The first kappa shape index (κ1) is 12.5. The van der Waals surface area contributed by atoms with Crippen LogP contribution >= 0.6 is 11.6 Å². The minimum Gasteiger partial charge on any atom is -0.328 e. The molecule has 0 aromatic carbocycles. The Morgan fingerprint density at radius 1 is 1.53 bits per heavy atom. The van der Waals surface area contributed by atoms with E-state index in [0.717, 1.165) is 30.1 Å². The predicted octanol–water partition coefficient (Wildman–Crippen LogP) is 2.79. The molecule has 0 saturated heterocycles. The molecule has 2 atom stereocenters. The predicted molar refractivity (Wildman–Crippen MR) is 64.2 cm³/mol. The van der Waals surface area contributed by atoms with Crippen molar-refractivity contribution in [2.24, 2.45) is 5.73 Å². The highest BCUT2D eigenvalue weighted by Gasteiger charge is 2.17. The van der Waals surface area contributed by atoms with E-state index in [1.165, 1.54) is 0 Å². The summed E-state index contributed by atoms with van der Waals surface area (Å²) < 4.78 is 2.00. The van der Waals surface area contributed by atoms with Crippen molar-refractivity contribution in [3.8, 4) is 0 Å². The largest absolute Gasteiger partial charge is 0.328 e. The van der Waals surface area contributed by atoms with Crippen LogP contribution in [0.2, 0.25) is 5.02 Å². The van der Waals surface area contributed by atoms with Gasteiger partial charge in [0, 0.05) is 18.5 Å². The van der Waals surface area contributed by atoms with Gasteiger partial charge in [-0.2, -0.15) is 5.10 Å².